The topological polar surface area (TPSA) is 57.7 Å². The molecule has 3 amide bonds. The van der Waals surface area contributed by atoms with Crippen LogP contribution in [0.4, 0.5) is 0 Å². The summed E-state index contributed by atoms with van der Waals surface area (Å²) in [5, 5.41) is 0. The molecule has 2 aromatic carbocycles. The predicted molar refractivity (Wildman–Crippen MR) is 102 cm³/mol. The Morgan fingerprint density at radius 2 is 1.44 bits per heavy atom. The Labute approximate surface area is 157 Å². The van der Waals surface area contributed by atoms with E-state index in [9.17, 15) is 14.4 Å². The van der Waals surface area contributed by atoms with Gasteiger partial charge in [-0.05, 0) is 24.6 Å². The van der Waals surface area contributed by atoms with Crippen molar-refractivity contribution in [2.45, 2.75) is 19.0 Å². The second-order valence-corrected chi connectivity index (χ2v) is 6.46. The average molecular weight is 358 g/mol. The van der Waals surface area contributed by atoms with E-state index in [2.05, 4.69) is 0 Å². The molecule has 2 aliphatic heterocycles. The minimum absolute atomic E-state index is 0.259. The van der Waals surface area contributed by atoms with Crippen molar-refractivity contribution < 1.29 is 14.4 Å². The van der Waals surface area contributed by atoms with E-state index < -0.39 is 23.9 Å². The maximum atomic E-state index is 12.8. The van der Waals surface area contributed by atoms with E-state index in [1.807, 2.05) is 49.4 Å². The highest BCUT2D eigenvalue weighted by Crippen LogP contribution is 2.33. The number of carbonyl (C=O) groups is 3. The molecule has 5 heteroatoms. The molecule has 0 aromatic heterocycles. The fraction of sp³-hybridized carbons (Fsp3) is 0.136. The van der Waals surface area contributed by atoms with Crippen LogP contribution in [0.3, 0.4) is 0 Å². The van der Waals surface area contributed by atoms with Crippen LogP contribution in [0.1, 0.15) is 33.2 Å². The van der Waals surface area contributed by atoms with Crippen LogP contribution >= 0.6 is 0 Å². The number of hydrogen-bond acceptors (Lipinski definition) is 3. The number of benzene rings is 2. The van der Waals surface area contributed by atoms with Gasteiger partial charge in [-0.1, -0.05) is 60.7 Å². The first-order valence-electron chi connectivity index (χ1n) is 8.78. The van der Waals surface area contributed by atoms with Crippen LogP contribution < -0.4 is 0 Å². The molecular formula is C22H18N2O3. The fourth-order valence-corrected chi connectivity index (χ4v) is 3.54. The number of amides is 3. The van der Waals surface area contributed by atoms with E-state index in [1.54, 1.807) is 41.4 Å². The van der Waals surface area contributed by atoms with E-state index in [-0.39, 0.29) is 5.91 Å². The van der Waals surface area contributed by atoms with E-state index in [1.165, 1.54) is 0 Å². The number of nitrogens with zero attached hydrogens (tertiary/aromatic N) is 2. The van der Waals surface area contributed by atoms with Crippen LogP contribution in [0, 0.1) is 0 Å². The van der Waals surface area contributed by atoms with Crippen molar-refractivity contribution in [2.24, 2.45) is 0 Å². The average Bonchev–Trinajstić information content (AvgIpc) is 2.95. The van der Waals surface area contributed by atoms with Crippen molar-refractivity contribution in [2.75, 3.05) is 0 Å². The van der Waals surface area contributed by atoms with Crippen LogP contribution in [-0.4, -0.2) is 39.6 Å². The fourth-order valence-electron chi connectivity index (χ4n) is 3.54. The lowest BCUT2D eigenvalue weighted by Gasteiger charge is -2.46. The molecule has 0 N–H and O–H groups in total. The summed E-state index contributed by atoms with van der Waals surface area (Å²) >= 11 is 0. The third kappa shape index (κ3) is 2.68. The SMILES string of the molecule is C/C=C\N1C(=O)[C@@H](N2C(=O)c3ccccc3C2=O)[C@H]1/C=C/c1ccccc1. The second-order valence-electron chi connectivity index (χ2n) is 6.46. The zero-order chi connectivity index (χ0) is 19.0. The maximum Gasteiger partial charge on any atom is 0.262 e. The Balaban J connectivity index is 1.67. The minimum atomic E-state index is -0.825. The van der Waals surface area contributed by atoms with Crippen LogP contribution in [0.15, 0.2) is 72.9 Å². The normalized spacial score (nSPS) is 22.0. The summed E-state index contributed by atoms with van der Waals surface area (Å²) in [6.45, 7) is 1.82. The Kier molecular flexibility index (Phi) is 4.20. The Hall–Kier alpha value is -3.47. The number of β-lactam (4-membered cyclic amide) rings is 1. The summed E-state index contributed by atoms with van der Waals surface area (Å²) in [7, 11) is 0. The van der Waals surface area contributed by atoms with E-state index in [0.29, 0.717) is 11.1 Å². The molecule has 0 saturated carbocycles. The Morgan fingerprint density at radius 3 is 2.04 bits per heavy atom. The first kappa shape index (κ1) is 17.0. The van der Waals surface area contributed by atoms with Gasteiger partial charge in [0.25, 0.3) is 17.7 Å². The zero-order valence-electron chi connectivity index (χ0n) is 14.8. The molecule has 134 valence electrons. The molecule has 0 aliphatic carbocycles. The Bertz CT molecular complexity index is 943. The van der Waals surface area contributed by atoms with Gasteiger partial charge in [0.05, 0.1) is 17.2 Å². The van der Waals surface area contributed by atoms with Crippen LogP contribution in [-0.2, 0) is 4.79 Å². The molecular weight excluding hydrogens is 340 g/mol. The zero-order valence-corrected chi connectivity index (χ0v) is 14.8. The van der Waals surface area contributed by atoms with Gasteiger partial charge in [-0.3, -0.25) is 19.3 Å². The van der Waals surface area contributed by atoms with Crippen molar-refractivity contribution in [3.05, 3.63) is 89.6 Å². The molecule has 2 aliphatic rings. The summed E-state index contributed by atoms with van der Waals surface area (Å²) in [6.07, 6.45) is 7.21. The first-order chi connectivity index (χ1) is 13.1. The van der Waals surface area contributed by atoms with Gasteiger partial charge in [-0.25, -0.2) is 0 Å². The molecule has 0 spiro atoms. The predicted octanol–water partition coefficient (Wildman–Crippen LogP) is 3.11. The van der Waals surface area contributed by atoms with Gasteiger partial charge < -0.3 is 4.90 Å². The van der Waals surface area contributed by atoms with Gasteiger partial charge >= 0.3 is 0 Å². The third-order valence-electron chi connectivity index (χ3n) is 4.85. The number of imide groups is 1. The number of hydrogen-bond donors (Lipinski definition) is 0. The lowest BCUT2D eigenvalue weighted by Crippen LogP contribution is -2.69. The highest BCUT2D eigenvalue weighted by atomic mass is 16.2. The molecule has 1 saturated heterocycles. The number of allylic oxidation sites excluding steroid dienone is 1. The van der Waals surface area contributed by atoms with Crippen molar-refractivity contribution >= 4 is 23.8 Å². The summed E-state index contributed by atoms with van der Waals surface area (Å²) in [4.78, 5) is 40.9. The molecule has 0 bridgehead atoms. The van der Waals surface area contributed by atoms with Crippen LogP contribution in [0.5, 0.6) is 0 Å². The summed E-state index contributed by atoms with van der Waals surface area (Å²) < 4.78 is 0. The summed E-state index contributed by atoms with van der Waals surface area (Å²) in [5.41, 5.74) is 1.69. The quantitative estimate of drug-likeness (QED) is 0.623. The lowest BCUT2D eigenvalue weighted by molar-refractivity contribution is -0.147. The number of carbonyl (C=O) groups excluding carboxylic acids is 3. The highest BCUT2D eigenvalue weighted by molar-refractivity contribution is 6.23. The van der Waals surface area contributed by atoms with Gasteiger partial charge in [-0.2, -0.15) is 0 Å². The molecule has 1 fully saturated rings. The molecule has 2 aromatic rings. The van der Waals surface area contributed by atoms with Gasteiger partial charge in [0, 0.05) is 6.20 Å². The molecule has 5 nitrogen and oxygen atoms in total. The van der Waals surface area contributed by atoms with E-state index >= 15 is 0 Å². The summed E-state index contributed by atoms with van der Waals surface area (Å²) in [5.74, 6) is -1.08. The molecule has 27 heavy (non-hydrogen) atoms. The highest BCUT2D eigenvalue weighted by Gasteiger charge is 2.54. The van der Waals surface area contributed by atoms with Gasteiger partial charge in [-0.15, -0.1) is 0 Å². The molecule has 0 radical (unpaired) electrons. The second kappa shape index (κ2) is 6.68. The van der Waals surface area contributed by atoms with E-state index in [0.717, 1.165) is 10.5 Å². The van der Waals surface area contributed by atoms with Crippen molar-refractivity contribution in [3.8, 4) is 0 Å². The number of rotatable bonds is 4. The minimum Gasteiger partial charge on any atom is -0.308 e. The van der Waals surface area contributed by atoms with Crippen LogP contribution in [0.2, 0.25) is 0 Å². The van der Waals surface area contributed by atoms with Crippen LogP contribution in [0.25, 0.3) is 6.08 Å². The standard InChI is InChI=1S/C22H18N2O3/c1-2-14-23-18(13-12-15-8-4-3-5-9-15)19(22(23)27)24-20(25)16-10-6-7-11-17(16)21(24)26/h2-14,18-19H,1H3/b13-12+,14-2-/t18-,19+/m1/s1. The van der Waals surface area contributed by atoms with Gasteiger partial charge in [0.2, 0.25) is 0 Å². The lowest BCUT2D eigenvalue weighted by atomic mass is 9.92. The molecule has 2 heterocycles. The molecule has 0 unspecified atom stereocenters. The first-order valence-corrected chi connectivity index (χ1v) is 8.78. The maximum absolute atomic E-state index is 12.8. The summed E-state index contributed by atoms with van der Waals surface area (Å²) in [6, 6.07) is 15.1. The smallest absolute Gasteiger partial charge is 0.262 e. The van der Waals surface area contributed by atoms with Gasteiger partial charge in [0.15, 0.2) is 0 Å². The van der Waals surface area contributed by atoms with Crippen molar-refractivity contribution in [3.63, 3.8) is 0 Å². The molecule has 2 atom stereocenters. The monoisotopic (exact) mass is 358 g/mol. The molecule has 4 rings (SSSR count). The third-order valence-corrected chi connectivity index (χ3v) is 4.85. The Morgan fingerprint density at radius 1 is 0.852 bits per heavy atom. The van der Waals surface area contributed by atoms with Crippen molar-refractivity contribution in [1.29, 1.82) is 0 Å². The van der Waals surface area contributed by atoms with Crippen molar-refractivity contribution in [1.82, 2.24) is 9.80 Å². The van der Waals surface area contributed by atoms with Gasteiger partial charge in [0.1, 0.15) is 6.04 Å². The van der Waals surface area contributed by atoms with E-state index in [4.69, 9.17) is 0 Å². The largest absolute Gasteiger partial charge is 0.308 e. The number of fused-ring (bicyclic) bond motifs is 1. The number of likely N-dealkylation sites (tertiary alicyclic amines) is 1.